The SMILES string of the molecule is CN1C[C@@H]2CN(C(=O)Cc3ccccc3)CCC[C@]2(C(=O)O)C1. The average Bonchev–Trinajstić information content (AvgIpc) is 2.73. The minimum absolute atomic E-state index is 0.0206. The van der Waals surface area contributed by atoms with Gasteiger partial charge in [-0.2, -0.15) is 0 Å². The standard InChI is InChI=1S/C18H24N2O3/c1-19-11-15-12-20(9-5-8-18(15,13-19)17(22)23)16(21)10-14-6-3-2-4-7-14/h2-4,6-7,15H,5,8-13H2,1H3,(H,22,23)/t15-,18+/m1/s1. The monoisotopic (exact) mass is 316 g/mol. The molecule has 2 aliphatic heterocycles. The molecule has 124 valence electrons. The number of benzene rings is 1. The number of carbonyl (C=O) groups excluding carboxylic acids is 1. The van der Waals surface area contributed by atoms with Crippen LogP contribution in [0, 0.1) is 11.3 Å². The van der Waals surface area contributed by atoms with Crippen LogP contribution in [0.25, 0.3) is 0 Å². The van der Waals surface area contributed by atoms with Gasteiger partial charge < -0.3 is 14.9 Å². The van der Waals surface area contributed by atoms with E-state index < -0.39 is 11.4 Å². The van der Waals surface area contributed by atoms with Gasteiger partial charge in [0.25, 0.3) is 0 Å². The highest BCUT2D eigenvalue weighted by Crippen LogP contribution is 2.42. The van der Waals surface area contributed by atoms with Crippen molar-refractivity contribution in [1.82, 2.24) is 9.80 Å². The third kappa shape index (κ3) is 3.11. The van der Waals surface area contributed by atoms with Gasteiger partial charge in [0.2, 0.25) is 5.91 Å². The average molecular weight is 316 g/mol. The van der Waals surface area contributed by atoms with Crippen molar-refractivity contribution < 1.29 is 14.7 Å². The van der Waals surface area contributed by atoms with E-state index in [2.05, 4.69) is 4.90 Å². The Hall–Kier alpha value is -1.88. The van der Waals surface area contributed by atoms with E-state index in [1.807, 2.05) is 42.3 Å². The zero-order valence-electron chi connectivity index (χ0n) is 13.6. The van der Waals surface area contributed by atoms with E-state index in [9.17, 15) is 14.7 Å². The molecule has 1 N–H and O–H groups in total. The Labute approximate surface area is 136 Å². The predicted octanol–water partition coefficient (Wildman–Crippen LogP) is 1.48. The molecule has 0 radical (unpaired) electrons. The molecule has 0 bridgehead atoms. The van der Waals surface area contributed by atoms with Gasteiger partial charge in [-0.1, -0.05) is 30.3 Å². The molecule has 1 aromatic rings. The third-order valence-electron chi connectivity index (χ3n) is 5.33. The lowest BCUT2D eigenvalue weighted by Gasteiger charge is -2.29. The maximum atomic E-state index is 12.6. The summed E-state index contributed by atoms with van der Waals surface area (Å²) in [5.74, 6) is -0.580. The molecule has 1 amide bonds. The van der Waals surface area contributed by atoms with Gasteiger partial charge in [0.15, 0.2) is 0 Å². The Morgan fingerprint density at radius 2 is 2.00 bits per heavy atom. The summed E-state index contributed by atoms with van der Waals surface area (Å²) in [6.07, 6.45) is 1.81. The highest BCUT2D eigenvalue weighted by Gasteiger charge is 2.52. The van der Waals surface area contributed by atoms with Gasteiger partial charge in [0.1, 0.15) is 0 Å². The van der Waals surface area contributed by atoms with Gasteiger partial charge in [-0.05, 0) is 25.5 Å². The van der Waals surface area contributed by atoms with Crippen molar-refractivity contribution in [2.75, 3.05) is 33.2 Å². The number of likely N-dealkylation sites (tertiary alicyclic amines) is 2. The van der Waals surface area contributed by atoms with Crippen molar-refractivity contribution in [3.63, 3.8) is 0 Å². The van der Waals surface area contributed by atoms with Crippen LogP contribution in [0.1, 0.15) is 18.4 Å². The number of carboxylic acid groups (broad SMARTS) is 1. The van der Waals surface area contributed by atoms with Gasteiger partial charge in [0, 0.05) is 32.1 Å². The van der Waals surface area contributed by atoms with Crippen LogP contribution in [0.15, 0.2) is 30.3 Å². The van der Waals surface area contributed by atoms with Crippen molar-refractivity contribution in [2.45, 2.75) is 19.3 Å². The van der Waals surface area contributed by atoms with Crippen LogP contribution >= 0.6 is 0 Å². The molecule has 2 atom stereocenters. The summed E-state index contributed by atoms with van der Waals surface area (Å²) < 4.78 is 0. The molecule has 1 aromatic carbocycles. The Bertz CT molecular complexity index is 589. The second-order valence-electron chi connectivity index (χ2n) is 6.96. The Kier molecular flexibility index (Phi) is 4.39. The summed E-state index contributed by atoms with van der Waals surface area (Å²) in [6, 6.07) is 9.73. The molecule has 0 aliphatic carbocycles. The molecule has 23 heavy (non-hydrogen) atoms. The zero-order chi connectivity index (χ0) is 16.4. The third-order valence-corrected chi connectivity index (χ3v) is 5.33. The molecule has 0 aromatic heterocycles. The fourth-order valence-corrected chi connectivity index (χ4v) is 4.14. The van der Waals surface area contributed by atoms with E-state index in [4.69, 9.17) is 0 Å². The highest BCUT2D eigenvalue weighted by molar-refractivity contribution is 5.80. The van der Waals surface area contributed by atoms with E-state index in [1.54, 1.807) is 0 Å². The smallest absolute Gasteiger partial charge is 0.311 e. The number of rotatable bonds is 3. The molecule has 3 rings (SSSR count). The lowest BCUT2D eigenvalue weighted by molar-refractivity contribution is -0.151. The largest absolute Gasteiger partial charge is 0.481 e. The molecule has 2 aliphatic rings. The first-order valence-corrected chi connectivity index (χ1v) is 8.25. The normalized spacial score (nSPS) is 28.2. The molecular weight excluding hydrogens is 292 g/mol. The van der Waals surface area contributed by atoms with Crippen LogP contribution in [0.4, 0.5) is 0 Å². The van der Waals surface area contributed by atoms with Crippen molar-refractivity contribution in [2.24, 2.45) is 11.3 Å². The van der Waals surface area contributed by atoms with E-state index in [1.165, 1.54) is 0 Å². The lowest BCUT2D eigenvalue weighted by Crippen LogP contribution is -2.43. The maximum absolute atomic E-state index is 12.6. The van der Waals surface area contributed by atoms with Gasteiger partial charge in [-0.3, -0.25) is 9.59 Å². The fourth-order valence-electron chi connectivity index (χ4n) is 4.14. The second-order valence-corrected chi connectivity index (χ2v) is 6.96. The van der Waals surface area contributed by atoms with Crippen molar-refractivity contribution >= 4 is 11.9 Å². The molecule has 5 nitrogen and oxygen atoms in total. The predicted molar refractivity (Wildman–Crippen MR) is 87.0 cm³/mol. The number of fused-ring (bicyclic) bond motifs is 1. The van der Waals surface area contributed by atoms with Crippen LogP contribution in [0.5, 0.6) is 0 Å². The van der Waals surface area contributed by atoms with Gasteiger partial charge in [0.05, 0.1) is 11.8 Å². The first-order chi connectivity index (χ1) is 11.0. The molecule has 5 heteroatoms. The number of amides is 1. The van der Waals surface area contributed by atoms with E-state index >= 15 is 0 Å². The lowest BCUT2D eigenvalue weighted by atomic mass is 9.75. The topological polar surface area (TPSA) is 60.9 Å². The fraction of sp³-hybridized carbons (Fsp3) is 0.556. The molecule has 0 spiro atoms. The summed E-state index contributed by atoms with van der Waals surface area (Å²) in [4.78, 5) is 28.5. The van der Waals surface area contributed by atoms with E-state index in [0.717, 1.165) is 18.5 Å². The molecule has 0 unspecified atom stereocenters. The molecule has 2 fully saturated rings. The van der Waals surface area contributed by atoms with Crippen LogP contribution in [0.2, 0.25) is 0 Å². The summed E-state index contributed by atoms with van der Waals surface area (Å²) in [7, 11) is 1.97. The van der Waals surface area contributed by atoms with Crippen LogP contribution in [-0.2, 0) is 16.0 Å². The summed E-state index contributed by atoms with van der Waals surface area (Å²) in [5.41, 5.74) is 0.325. The van der Waals surface area contributed by atoms with Gasteiger partial charge >= 0.3 is 5.97 Å². The van der Waals surface area contributed by atoms with Crippen LogP contribution in [0.3, 0.4) is 0 Å². The number of carbonyl (C=O) groups is 2. The van der Waals surface area contributed by atoms with Crippen molar-refractivity contribution in [3.05, 3.63) is 35.9 Å². The highest BCUT2D eigenvalue weighted by atomic mass is 16.4. The first-order valence-electron chi connectivity index (χ1n) is 8.25. The molecule has 2 saturated heterocycles. The quantitative estimate of drug-likeness (QED) is 0.918. The second kappa shape index (κ2) is 6.32. The number of aliphatic carboxylic acids is 1. The van der Waals surface area contributed by atoms with Crippen LogP contribution < -0.4 is 0 Å². The number of hydrogen-bond acceptors (Lipinski definition) is 3. The Morgan fingerprint density at radius 3 is 2.70 bits per heavy atom. The summed E-state index contributed by atoms with van der Waals surface area (Å²) in [5, 5.41) is 9.77. The minimum atomic E-state index is -0.704. The summed E-state index contributed by atoms with van der Waals surface area (Å²) in [6.45, 7) is 2.57. The first kappa shape index (κ1) is 16.0. The number of nitrogens with zero attached hydrogens (tertiary/aromatic N) is 2. The van der Waals surface area contributed by atoms with E-state index in [0.29, 0.717) is 32.5 Å². The Balaban J connectivity index is 1.73. The summed E-state index contributed by atoms with van der Waals surface area (Å²) >= 11 is 0. The van der Waals surface area contributed by atoms with Crippen LogP contribution in [-0.4, -0.2) is 60.0 Å². The number of carboxylic acids is 1. The minimum Gasteiger partial charge on any atom is -0.481 e. The Morgan fingerprint density at radius 1 is 1.26 bits per heavy atom. The van der Waals surface area contributed by atoms with E-state index in [-0.39, 0.29) is 11.8 Å². The molecular formula is C18H24N2O3. The van der Waals surface area contributed by atoms with Crippen molar-refractivity contribution in [1.29, 1.82) is 0 Å². The molecule has 2 heterocycles. The zero-order valence-corrected chi connectivity index (χ0v) is 13.6. The van der Waals surface area contributed by atoms with Crippen molar-refractivity contribution in [3.8, 4) is 0 Å². The molecule has 0 saturated carbocycles. The number of hydrogen-bond donors (Lipinski definition) is 1. The van der Waals surface area contributed by atoms with Gasteiger partial charge in [-0.15, -0.1) is 0 Å². The maximum Gasteiger partial charge on any atom is 0.311 e. The van der Waals surface area contributed by atoms with Gasteiger partial charge in [-0.25, -0.2) is 0 Å².